The van der Waals surface area contributed by atoms with Crippen molar-refractivity contribution in [1.82, 2.24) is 10.2 Å². The Labute approximate surface area is 181 Å². The molecule has 0 saturated heterocycles. The van der Waals surface area contributed by atoms with Gasteiger partial charge in [0.05, 0.1) is 0 Å². The maximum atomic E-state index is 13.0. The largest absolute Gasteiger partial charge is 0.483 e. The highest BCUT2D eigenvalue weighted by molar-refractivity contribution is 9.10. The molecule has 1 N–H and O–H groups in total. The van der Waals surface area contributed by atoms with Crippen molar-refractivity contribution in [3.8, 4) is 5.75 Å². The van der Waals surface area contributed by atoms with Crippen molar-refractivity contribution in [2.75, 3.05) is 13.2 Å². The summed E-state index contributed by atoms with van der Waals surface area (Å²) < 4.78 is 6.79. The molecule has 0 saturated carbocycles. The molecule has 2 amide bonds. The van der Waals surface area contributed by atoms with Crippen LogP contribution in [-0.4, -0.2) is 35.9 Å². The smallest absolute Gasteiger partial charge is 0.261 e. The highest BCUT2D eigenvalue weighted by atomic mass is 79.9. The van der Waals surface area contributed by atoms with Crippen LogP contribution < -0.4 is 10.1 Å². The van der Waals surface area contributed by atoms with Crippen molar-refractivity contribution < 1.29 is 14.3 Å². The Balaban J connectivity index is 2.20. The Hall–Kier alpha value is -2.34. The Bertz CT molecular complexity index is 882. The van der Waals surface area contributed by atoms with Gasteiger partial charge in [0, 0.05) is 17.6 Å². The predicted octanol–water partition coefficient (Wildman–Crippen LogP) is 4.31. The summed E-state index contributed by atoms with van der Waals surface area (Å²) in [6, 6.07) is 11.1. The fourth-order valence-corrected chi connectivity index (χ4v) is 3.56. The summed E-state index contributed by atoms with van der Waals surface area (Å²) in [6.45, 7) is 10.3. The molecule has 0 spiro atoms. The van der Waals surface area contributed by atoms with Gasteiger partial charge in [0.1, 0.15) is 11.8 Å². The number of amides is 2. The van der Waals surface area contributed by atoms with Crippen molar-refractivity contribution in [1.29, 1.82) is 0 Å². The fourth-order valence-electron chi connectivity index (χ4n) is 3.11. The second-order valence-electron chi connectivity index (χ2n) is 7.22. The van der Waals surface area contributed by atoms with Gasteiger partial charge >= 0.3 is 0 Å². The number of likely N-dealkylation sites (N-methyl/N-ethyl adjacent to an activating group) is 1. The molecule has 0 aromatic heterocycles. The second-order valence-corrected chi connectivity index (χ2v) is 8.13. The summed E-state index contributed by atoms with van der Waals surface area (Å²) >= 11 is 3.46. The SMILES string of the molecule is CCNC(=O)[C@@H](C)N(Cc1cccc(Br)c1)C(=O)COc1cc(C)cc(C)c1C. The molecule has 29 heavy (non-hydrogen) atoms. The molecule has 0 fully saturated rings. The Morgan fingerprint density at radius 1 is 1.17 bits per heavy atom. The summed E-state index contributed by atoms with van der Waals surface area (Å²) in [5, 5.41) is 2.79. The first kappa shape index (κ1) is 22.9. The quantitative estimate of drug-likeness (QED) is 0.638. The first-order chi connectivity index (χ1) is 13.7. The number of rotatable bonds is 8. The third-order valence-corrected chi connectivity index (χ3v) is 5.37. The molecule has 2 aromatic rings. The van der Waals surface area contributed by atoms with Crippen LogP contribution in [0.25, 0.3) is 0 Å². The molecule has 0 aliphatic heterocycles. The zero-order valence-corrected chi connectivity index (χ0v) is 19.3. The van der Waals surface area contributed by atoms with E-state index in [1.807, 2.05) is 58.0 Å². The van der Waals surface area contributed by atoms with Gasteiger partial charge in [-0.05, 0) is 75.1 Å². The number of aryl methyl sites for hydroxylation is 2. The summed E-state index contributed by atoms with van der Waals surface area (Å²) in [4.78, 5) is 27.0. The molecule has 0 bridgehead atoms. The number of carbonyl (C=O) groups is 2. The molecule has 1 atom stereocenters. The number of ether oxygens (including phenoxy) is 1. The van der Waals surface area contributed by atoms with E-state index in [2.05, 4.69) is 27.3 Å². The van der Waals surface area contributed by atoms with Crippen LogP contribution in [0.1, 0.15) is 36.1 Å². The zero-order valence-electron chi connectivity index (χ0n) is 17.7. The molecule has 0 heterocycles. The van der Waals surface area contributed by atoms with Crippen LogP contribution in [0.2, 0.25) is 0 Å². The van der Waals surface area contributed by atoms with Crippen molar-refractivity contribution in [2.24, 2.45) is 0 Å². The average Bonchev–Trinajstić information content (AvgIpc) is 2.67. The standard InChI is InChI=1S/C23H29BrN2O3/c1-6-25-23(28)18(5)26(13-19-8-7-9-20(24)12-19)22(27)14-29-21-11-15(2)10-16(3)17(21)4/h7-12,18H,6,13-14H2,1-5H3,(H,25,28)/t18-/m1/s1. The van der Waals surface area contributed by atoms with Crippen LogP contribution in [0.5, 0.6) is 5.75 Å². The van der Waals surface area contributed by atoms with Crippen molar-refractivity contribution in [2.45, 2.75) is 47.2 Å². The summed E-state index contributed by atoms with van der Waals surface area (Å²) in [5.41, 5.74) is 4.15. The van der Waals surface area contributed by atoms with Crippen molar-refractivity contribution in [3.05, 3.63) is 63.1 Å². The fraction of sp³-hybridized carbons (Fsp3) is 0.391. The van der Waals surface area contributed by atoms with E-state index < -0.39 is 6.04 Å². The van der Waals surface area contributed by atoms with E-state index in [-0.39, 0.29) is 18.4 Å². The maximum Gasteiger partial charge on any atom is 0.261 e. The van der Waals surface area contributed by atoms with E-state index in [0.717, 1.165) is 26.7 Å². The van der Waals surface area contributed by atoms with Gasteiger partial charge in [-0.25, -0.2) is 0 Å². The van der Waals surface area contributed by atoms with E-state index in [0.29, 0.717) is 18.8 Å². The van der Waals surface area contributed by atoms with E-state index in [9.17, 15) is 9.59 Å². The molecule has 2 aromatic carbocycles. The molecule has 0 aliphatic rings. The lowest BCUT2D eigenvalue weighted by molar-refractivity contribution is -0.142. The van der Waals surface area contributed by atoms with Crippen LogP contribution in [0.4, 0.5) is 0 Å². The Morgan fingerprint density at radius 3 is 2.55 bits per heavy atom. The van der Waals surface area contributed by atoms with Gasteiger partial charge in [-0.15, -0.1) is 0 Å². The molecule has 0 radical (unpaired) electrons. The van der Waals surface area contributed by atoms with Crippen LogP contribution in [0.15, 0.2) is 40.9 Å². The second kappa shape index (κ2) is 10.4. The third kappa shape index (κ3) is 6.32. The third-order valence-electron chi connectivity index (χ3n) is 4.88. The first-order valence-corrected chi connectivity index (χ1v) is 10.5. The molecule has 2 rings (SSSR count). The summed E-state index contributed by atoms with van der Waals surface area (Å²) in [7, 11) is 0. The maximum absolute atomic E-state index is 13.0. The highest BCUT2D eigenvalue weighted by Gasteiger charge is 2.26. The van der Waals surface area contributed by atoms with Crippen LogP contribution >= 0.6 is 15.9 Å². The lowest BCUT2D eigenvalue weighted by Crippen LogP contribution is -2.49. The van der Waals surface area contributed by atoms with Gasteiger partial charge in [-0.1, -0.05) is 34.1 Å². The van der Waals surface area contributed by atoms with E-state index in [4.69, 9.17) is 4.74 Å². The number of halogens is 1. The molecule has 6 heteroatoms. The van der Waals surface area contributed by atoms with Gasteiger partial charge in [0.15, 0.2) is 6.61 Å². The Kier molecular flexibility index (Phi) is 8.26. The first-order valence-electron chi connectivity index (χ1n) is 9.75. The van der Waals surface area contributed by atoms with Crippen LogP contribution in [0.3, 0.4) is 0 Å². The monoisotopic (exact) mass is 460 g/mol. The molecular weight excluding hydrogens is 432 g/mol. The lowest BCUT2D eigenvalue weighted by atomic mass is 10.1. The van der Waals surface area contributed by atoms with Gasteiger partial charge in [-0.3, -0.25) is 9.59 Å². The number of carbonyl (C=O) groups excluding carboxylic acids is 2. The van der Waals surface area contributed by atoms with Crippen molar-refractivity contribution >= 4 is 27.7 Å². The summed E-state index contributed by atoms with van der Waals surface area (Å²) in [6.07, 6.45) is 0. The van der Waals surface area contributed by atoms with Gasteiger partial charge in [0.2, 0.25) is 5.91 Å². The number of nitrogens with zero attached hydrogens (tertiary/aromatic N) is 1. The van der Waals surface area contributed by atoms with E-state index in [1.54, 1.807) is 11.8 Å². The minimum Gasteiger partial charge on any atom is -0.483 e. The van der Waals surface area contributed by atoms with Gasteiger partial charge in [0.25, 0.3) is 5.91 Å². The molecule has 0 aliphatic carbocycles. The number of hydrogen-bond acceptors (Lipinski definition) is 3. The highest BCUT2D eigenvalue weighted by Crippen LogP contribution is 2.23. The Morgan fingerprint density at radius 2 is 1.90 bits per heavy atom. The predicted molar refractivity (Wildman–Crippen MR) is 119 cm³/mol. The normalized spacial score (nSPS) is 11.7. The number of benzene rings is 2. The molecule has 0 unspecified atom stereocenters. The molecule has 5 nitrogen and oxygen atoms in total. The lowest BCUT2D eigenvalue weighted by Gasteiger charge is -2.29. The average molecular weight is 461 g/mol. The van der Waals surface area contributed by atoms with Crippen LogP contribution in [0, 0.1) is 20.8 Å². The number of hydrogen-bond donors (Lipinski definition) is 1. The number of nitrogens with one attached hydrogen (secondary N) is 1. The van der Waals surface area contributed by atoms with Crippen molar-refractivity contribution in [3.63, 3.8) is 0 Å². The topological polar surface area (TPSA) is 58.6 Å². The summed E-state index contributed by atoms with van der Waals surface area (Å²) in [5.74, 6) is 0.282. The van der Waals surface area contributed by atoms with Gasteiger partial charge in [-0.2, -0.15) is 0 Å². The molecular formula is C23H29BrN2O3. The minimum atomic E-state index is -0.606. The van der Waals surface area contributed by atoms with E-state index in [1.165, 1.54) is 0 Å². The van der Waals surface area contributed by atoms with Gasteiger partial charge < -0.3 is 15.0 Å². The zero-order chi connectivity index (χ0) is 21.6. The van der Waals surface area contributed by atoms with E-state index >= 15 is 0 Å². The van der Waals surface area contributed by atoms with Crippen LogP contribution in [-0.2, 0) is 16.1 Å². The minimum absolute atomic E-state index is 0.124. The molecule has 156 valence electrons.